The zero-order valence-corrected chi connectivity index (χ0v) is 15.9. The van der Waals surface area contributed by atoms with Crippen LogP contribution in [-0.2, 0) is 11.3 Å². The number of hydrogen-bond donors (Lipinski definition) is 1. The maximum Gasteiger partial charge on any atom is 0.233 e. The molecule has 1 fully saturated rings. The third-order valence-electron chi connectivity index (χ3n) is 4.78. The molecular formula is C19H28N4OS. The Bertz CT molecular complexity index is 648. The first-order valence-electron chi connectivity index (χ1n) is 9.35. The highest BCUT2D eigenvalue weighted by molar-refractivity contribution is 8.00. The van der Waals surface area contributed by atoms with E-state index in [0.29, 0.717) is 12.5 Å². The summed E-state index contributed by atoms with van der Waals surface area (Å²) in [6.45, 7) is 7.18. The maximum absolute atomic E-state index is 12.4. The molecule has 0 bridgehead atoms. The fraction of sp³-hybridized carbons (Fsp3) is 0.632. The molecule has 5 nitrogen and oxygen atoms in total. The largest absolute Gasteiger partial charge is 0.355 e. The molecule has 0 aliphatic heterocycles. The van der Waals surface area contributed by atoms with Gasteiger partial charge in [-0.3, -0.25) is 4.79 Å². The summed E-state index contributed by atoms with van der Waals surface area (Å²) in [7, 11) is 0. The first-order valence-corrected chi connectivity index (χ1v) is 10.2. The molecule has 0 saturated heterocycles. The van der Waals surface area contributed by atoms with Gasteiger partial charge in [-0.25, -0.2) is 0 Å². The van der Waals surface area contributed by atoms with Crippen molar-refractivity contribution in [1.82, 2.24) is 20.1 Å². The SMILES string of the molecule is C=CCn1c(SC(C)C(=O)NCCC2=CCCCC2)nnc1C1CC1. The Morgan fingerprint density at radius 1 is 1.48 bits per heavy atom. The van der Waals surface area contributed by atoms with Crippen LogP contribution in [-0.4, -0.2) is 32.5 Å². The normalized spacial score (nSPS) is 18.5. The molecule has 0 radical (unpaired) electrons. The molecular weight excluding hydrogens is 332 g/mol. The monoisotopic (exact) mass is 360 g/mol. The van der Waals surface area contributed by atoms with Crippen molar-refractivity contribution in [3.63, 3.8) is 0 Å². The number of carbonyl (C=O) groups excluding carboxylic acids is 1. The Balaban J connectivity index is 1.50. The standard InChI is InChI=1S/C19H28N4OS/c1-3-13-23-17(16-9-10-16)21-22-19(23)25-14(2)18(24)20-12-11-15-7-5-4-6-8-15/h3,7,14,16H,1,4-6,8-13H2,2H3,(H,20,24). The molecule has 136 valence electrons. The Labute approximate surface area is 154 Å². The van der Waals surface area contributed by atoms with Crippen molar-refractivity contribution in [2.45, 2.75) is 74.7 Å². The third-order valence-corrected chi connectivity index (χ3v) is 5.86. The van der Waals surface area contributed by atoms with Crippen molar-refractivity contribution in [2.75, 3.05) is 6.54 Å². The lowest BCUT2D eigenvalue weighted by molar-refractivity contribution is -0.120. The zero-order valence-electron chi connectivity index (χ0n) is 15.0. The van der Waals surface area contributed by atoms with Gasteiger partial charge in [-0.2, -0.15) is 0 Å². The molecule has 1 aromatic heterocycles. The minimum atomic E-state index is -0.180. The fourth-order valence-electron chi connectivity index (χ4n) is 3.16. The summed E-state index contributed by atoms with van der Waals surface area (Å²) in [6, 6.07) is 0. The van der Waals surface area contributed by atoms with E-state index < -0.39 is 0 Å². The minimum absolute atomic E-state index is 0.0718. The molecule has 2 aliphatic rings. The van der Waals surface area contributed by atoms with E-state index in [2.05, 4.69) is 32.7 Å². The van der Waals surface area contributed by atoms with Crippen molar-refractivity contribution in [3.8, 4) is 0 Å². The maximum atomic E-state index is 12.4. The Morgan fingerprint density at radius 3 is 3.00 bits per heavy atom. The van der Waals surface area contributed by atoms with Crippen LogP contribution in [0, 0.1) is 0 Å². The molecule has 1 aromatic rings. The molecule has 0 spiro atoms. The second-order valence-corrected chi connectivity index (χ2v) is 8.23. The van der Waals surface area contributed by atoms with Crippen molar-refractivity contribution in [2.24, 2.45) is 0 Å². The van der Waals surface area contributed by atoms with E-state index in [1.54, 1.807) is 0 Å². The van der Waals surface area contributed by atoms with Crippen LogP contribution in [0.25, 0.3) is 0 Å². The van der Waals surface area contributed by atoms with E-state index >= 15 is 0 Å². The minimum Gasteiger partial charge on any atom is -0.355 e. The summed E-state index contributed by atoms with van der Waals surface area (Å²) in [4.78, 5) is 12.4. The number of nitrogens with one attached hydrogen (secondary N) is 1. The molecule has 25 heavy (non-hydrogen) atoms. The van der Waals surface area contributed by atoms with Gasteiger partial charge < -0.3 is 9.88 Å². The number of carbonyl (C=O) groups is 1. The van der Waals surface area contributed by atoms with Crippen LogP contribution in [0.4, 0.5) is 0 Å². The smallest absolute Gasteiger partial charge is 0.233 e. The van der Waals surface area contributed by atoms with E-state index in [9.17, 15) is 4.79 Å². The number of amides is 1. The summed E-state index contributed by atoms with van der Waals surface area (Å²) in [5, 5.41) is 12.4. The molecule has 6 heteroatoms. The van der Waals surface area contributed by atoms with Crippen LogP contribution in [0.5, 0.6) is 0 Å². The Kier molecular flexibility index (Phi) is 6.34. The van der Waals surface area contributed by atoms with Gasteiger partial charge in [-0.05, 0) is 51.9 Å². The van der Waals surface area contributed by atoms with Gasteiger partial charge in [0.2, 0.25) is 5.91 Å². The predicted molar refractivity (Wildman–Crippen MR) is 102 cm³/mol. The van der Waals surface area contributed by atoms with Gasteiger partial charge in [0.25, 0.3) is 0 Å². The van der Waals surface area contributed by atoms with Crippen molar-refractivity contribution in [3.05, 3.63) is 30.1 Å². The highest BCUT2D eigenvalue weighted by Gasteiger charge is 2.30. The van der Waals surface area contributed by atoms with Gasteiger partial charge in [0, 0.05) is 19.0 Å². The Hall–Kier alpha value is -1.56. The summed E-state index contributed by atoms with van der Waals surface area (Å²) >= 11 is 1.49. The molecule has 1 amide bonds. The average molecular weight is 361 g/mol. The number of allylic oxidation sites excluding steroid dienone is 2. The second-order valence-electron chi connectivity index (χ2n) is 6.92. The van der Waals surface area contributed by atoms with Crippen LogP contribution >= 0.6 is 11.8 Å². The number of rotatable bonds is 9. The lowest BCUT2D eigenvalue weighted by Gasteiger charge is -2.15. The second kappa shape index (κ2) is 8.70. The highest BCUT2D eigenvalue weighted by Crippen LogP contribution is 2.40. The van der Waals surface area contributed by atoms with E-state index in [-0.39, 0.29) is 11.2 Å². The van der Waals surface area contributed by atoms with Gasteiger partial charge >= 0.3 is 0 Å². The molecule has 1 heterocycles. The molecule has 2 aliphatic carbocycles. The van der Waals surface area contributed by atoms with Gasteiger partial charge in [-0.1, -0.05) is 29.5 Å². The van der Waals surface area contributed by atoms with E-state index in [0.717, 1.165) is 23.9 Å². The first-order chi connectivity index (χ1) is 12.2. The first kappa shape index (κ1) is 18.2. The van der Waals surface area contributed by atoms with Crippen LogP contribution in [0.2, 0.25) is 0 Å². The molecule has 1 unspecified atom stereocenters. The van der Waals surface area contributed by atoms with Crippen molar-refractivity contribution in [1.29, 1.82) is 0 Å². The van der Waals surface area contributed by atoms with Crippen molar-refractivity contribution < 1.29 is 4.79 Å². The molecule has 1 atom stereocenters. The highest BCUT2D eigenvalue weighted by atomic mass is 32.2. The lowest BCUT2D eigenvalue weighted by Crippen LogP contribution is -2.32. The van der Waals surface area contributed by atoms with Crippen LogP contribution in [0.1, 0.15) is 63.6 Å². The number of aromatic nitrogens is 3. The third kappa shape index (κ3) is 4.97. The van der Waals surface area contributed by atoms with Crippen LogP contribution < -0.4 is 5.32 Å². The number of hydrogen-bond acceptors (Lipinski definition) is 4. The molecule has 0 aromatic carbocycles. The van der Waals surface area contributed by atoms with Crippen molar-refractivity contribution >= 4 is 17.7 Å². The topological polar surface area (TPSA) is 59.8 Å². The average Bonchev–Trinajstić information content (AvgIpc) is 3.39. The van der Waals surface area contributed by atoms with Crippen LogP contribution in [0.3, 0.4) is 0 Å². The number of nitrogens with zero attached hydrogens (tertiary/aromatic N) is 3. The Morgan fingerprint density at radius 2 is 2.32 bits per heavy atom. The van der Waals surface area contributed by atoms with Crippen LogP contribution in [0.15, 0.2) is 29.5 Å². The van der Waals surface area contributed by atoms with Gasteiger partial charge in [0.1, 0.15) is 5.82 Å². The summed E-state index contributed by atoms with van der Waals surface area (Å²) in [5.74, 6) is 1.65. The quantitative estimate of drug-likeness (QED) is 0.537. The number of thioether (sulfide) groups is 1. The summed E-state index contributed by atoms with van der Waals surface area (Å²) in [6.07, 6.45) is 12.5. The predicted octanol–water partition coefficient (Wildman–Crippen LogP) is 3.83. The van der Waals surface area contributed by atoms with E-state index in [1.165, 1.54) is 55.9 Å². The van der Waals surface area contributed by atoms with Gasteiger partial charge in [-0.15, -0.1) is 16.8 Å². The fourth-order valence-corrected chi connectivity index (χ4v) is 4.05. The van der Waals surface area contributed by atoms with E-state index in [4.69, 9.17) is 0 Å². The van der Waals surface area contributed by atoms with Gasteiger partial charge in [0.05, 0.1) is 5.25 Å². The summed E-state index contributed by atoms with van der Waals surface area (Å²) < 4.78 is 2.10. The molecule has 3 rings (SSSR count). The van der Waals surface area contributed by atoms with Gasteiger partial charge in [0.15, 0.2) is 5.16 Å². The lowest BCUT2D eigenvalue weighted by atomic mass is 9.97. The molecule has 1 saturated carbocycles. The van der Waals surface area contributed by atoms with E-state index in [1.807, 2.05) is 13.0 Å². The summed E-state index contributed by atoms with van der Waals surface area (Å²) in [5.41, 5.74) is 1.49. The molecule has 1 N–H and O–H groups in total. The zero-order chi connectivity index (χ0) is 17.6.